The molecule has 3 heterocycles. The minimum Gasteiger partial charge on any atom is -0.376 e. The highest BCUT2D eigenvalue weighted by molar-refractivity contribution is 7.18. The Kier molecular flexibility index (Phi) is 5.67. The van der Waals surface area contributed by atoms with Gasteiger partial charge in [0.05, 0.1) is 24.4 Å². The summed E-state index contributed by atoms with van der Waals surface area (Å²) in [6.07, 6.45) is 3.38. The number of aromatic nitrogens is 2. The molecule has 3 rings (SSSR count). The molecule has 8 nitrogen and oxygen atoms in total. The van der Waals surface area contributed by atoms with E-state index in [9.17, 15) is 14.4 Å². The minimum absolute atomic E-state index is 0.0586. The maximum absolute atomic E-state index is 12.5. The number of nitrogens with one attached hydrogen (secondary N) is 2. The van der Waals surface area contributed by atoms with E-state index in [1.165, 1.54) is 22.2 Å². The normalized spacial score (nSPS) is 16.8. The summed E-state index contributed by atoms with van der Waals surface area (Å²) in [6.45, 7) is 4.69. The van der Waals surface area contributed by atoms with E-state index in [-0.39, 0.29) is 30.7 Å². The van der Waals surface area contributed by atoms with Crippen LogP contribution in [0, 0.1) is 13.8 Å². The topological polar surface area (TPSA) is 102 Å². The summed E-state index contributed by atoms with van der Waals surface area (Å²) in [4.78, 5) is 42.3. The minimum atomic E-state index is -0.412. The number of hydrogen-bond donors (Lipinski definition) is 2. The van der Waals surface area contributed by atoms with Gasteiger partial charge in [0, 0.05) is 18.0 Å². The van der Waals surface area contributed by atoms with Gasteiger partial charge in [-0.25, -0.2) is 4.98 Å². The molecular formula is C17H22N4O4S. The maximum atomic E-state index is 12.5. The molecule has 26 heavy (non-hydrogen) atoms. The number of carbonyl (C=O) groups is 2. The van der Waals surface area contributed by atoms with Crippen molar-refractivity contribution >= 4 is 33.4 Å². The zero-order chi connectivity index (χ0) is 18.7. The summed E-state index contributed by atoms with van der Waals surface area (Å²) in [5, 5.41) is 5.81. The fraction of sp³-hybridized carbons (Fsp3) is 0.529. The van der Waals surface area contributed by atoms with Crippen LogP contribution in [0.4, 0.5) is 0 Å². The standard InChI is InChI=1S/C17H22N4O4S/c1-10-11(2)26-16-15(10)17(24)21(9-20-16)8-14(23)19-7-13(22)18-6-12-4-3-5-25-12/h9,12H,3-8H2,1-2H3,(H,18,22)(H,19,23). The molecule has 2 N–H and O–H groups in total. The second-order valence-electron chi connectivity index (χ2n) is 6.36. The third kappa shape index (κ3) is 4.10. The predicted molar refractivity (Wildman–Crippen MR) is 98.3 cm³/mol. The number of rotatable bonds is 6. The molecule has 0 radical (unpaired) electrons. The lowest BCUT2D eigenvalue weighted by Crippen LogP contribution is -2.41. The van der Waals surface area contributed by atoms with Crippen molar-refractivity contribution in [1.29, 1.82) is 0 Å². The number of ether oxygens (including phenoxy) is 1. The summed E-state index contributed by atoms with van der Waals surface area (Å²) in [5.41, 5.74) is 0.653. The second kappa shape index (κ2) is 7.96. The summed E-state index contributed by atoms with van der Waals surface area (Å²) >= 11 is 1.46. The van der Waals surface area contributed by atoms with E-state index in [1.54, 1.807) is 0 Å². The highest BCUT2D eigenvalue weighted by Crippen LogP contribution is 2.25. The fourth-order valence-corrected chi connectivity index (χ4v) is 3.86. The van der Waals surface area contributed by atoms with Crippen LogP contribution in [0.3, 0.4) is 0 Å². The van der Waals surface area contributed by atoms with Crippen LogP contribution in [0.2, 0.25) is 0 Å². The molecule has 0 saturated carbocycles. The van der Waals surface area contributed by atoms with Gasteiger partial charge in [-0.3, -0.25) is 19.0 Å². The van der Waals surface area contributed by atoms with Crippen molar-refractivity contribution in [3.63, 3.8) is 0 Å². The number of nitrogens with zero attached hydrogens (tertiary/aromatic N) is 2. The smallest absolute Gasteiger partial charge is 0.262 e. The first kappa shape index (κ1) is 18.5. The molecular weight excluding hydrogens is 356 g/mol. The van der Waals surface area contributed by atoms with E-state index in [1.807, 2.05) is 13.8 Å². The van der Waals surface area contributed by atoms with Gasteiger partial charge in [-0.05, 0) is 32.3 Å². The van der Waals surface area contributed by atoms with Gasteiger partial charge in [-0.1, -0.05) is 0 Å². The number of aryl methyl sites for hydroxylation is 2. The zero-order valence-corrected chi connectivity index (χ0v) is 15.6. The summed E-state index contributed by atoms with van der Waals surface area (Å²) in [7, 11) is 0. The van der Waals surface area contributed by atoms with Crippen molar-refractivity contribution in [2.45, 2.75) is 39.3 Å². The van der Waals surface area contributed by atoms with Gasteiger partial charge < -0.3 is 15.4 Å². The zero-order valence-electron chi connectivity index (χ0n) is 14.8. The van der Waals surface area contributed by atoms with E-state index in [0.29, 0.717) is 16.8 Å². The van der Waals surface area contributed by atoms with Gasteiger partial charge in [-0.2, -0.15) is 0 Å². The van der Waals surface area contributed by atoms with Gasteiger partial charge in [0.1, 0.15) is 11.4 Å². The highest BCUT2D eigenvalue weighted by Gasteiger charge is 2.17. The summed E-state index contributed by atoms with van der Waals surface area (Å²) in [6, 6.07) is 0. The van der Waals surface area contributed by atoms with Crippen molar-refractivity contribution < 1.29 is 14.3 Å². The number of amides is 2. The van der Waals surface area contributed by atoms with Gasteiger partial charge in [0.15, 0.2) is 0 Å². The van der Waals surface area contributed by atoms with Crippen LogP contribution in [0.5, 0.6) is 0 Å². The lowest BCUT2D eigenvalue weighted by Gasteiger charge is -2.11. The van der Waals surface area contributed by atoms with Crippen LogP contribution in [0.1, 0.15) is 23.3 Å². The molecule has 0 aliphatic carbocycles. The lowest BCUT2D eigenvalue weighted by molar-refractivity contribution is -0.126. The molecule has 1 aliphatic rings. The molecule has 1 aliphatic heterocycles. The first-order valence-corrected chi connectivity index (χ1v) is 9.37. The molecule has 0 bridgehead atoms. The SMILES string of the molecule is Cc1sc2ncn(CC(=O)NCC(=O)NCC3CCCO3)c(=O)c2c1C. The van der Waals surface area contributed by atoms with Crippen molar-refractivity contribution in [3.05, 3.63) is 27.1 Å². The molecule has 0 spiro atoms. The van der Waals surface area contributed by atoms with Gasteiger partial charge >= 0.3 is 0 Å². The number of hydrogen-bond acceptors (Lipinski definition) is 6. The van der Waals surface area contributed by atoms with Gasteiger partial charge in [-0.15, -0.1) is 11.3 Å². The van der Waals surface area contributed by atoms with Gasteiger partial charge in [0.25, 0.3) is 5.56 Å². The Labute approximate surface area is 154 Å². The maximum Gasteiger partial charge on any atom is 0.262 e. The van der Waals surface area contributed by atoms with Crippen molar-refractivity contribution in [2.75, 3.05) is 19.7 Å². The van der Waals surface area contributed by atoms with Crippen LogP contribution in [0.25, 0.3) is 10.2 Å². The molecule has 1 fully saturated rings. The predicted octanol–water partition coefficient (Wildman–Crippen LogP) is 0.486. The molecule has 140 valence electrons. The Morgan fingerprint density at radius 2 is 2.15 bits per heavy atom. The molecule has 2 aromatic heterocycles. The molecule has 2 amide bonds. The van der Waals surface area contributed by atoms with Gasteiger partial charge in [0.2, 0.25) is 11.8 Å². The third-order valence-corrected chi connectivity index (χ3v) is 5.58. The van der Waals surface area contributed by atoms with E-state index in [0.717, 1.165) is 29.9 Å². The van der Waals surface area contributed by atoms with Crippen LogP contribution >= 0.6 is 11.3 Å². The fourth-order valence-electron chi connectivity index (χ4n) is 2.87. The monoisotopic (exact) mass is 378 g/mol. The van der Waals surface area contributed by atoms with Crippen LogP contribution in [-0.2, 0) is 20.9 Å². The Hall–Kier alpha value is -2.26. The average molecular weight is 378 g/mol. The first-order valence-electron chi connectivity index (χ1n) is 8.56. The first-order chi connectivity index (χ1) is 12.5. The van der Waals surface area contributed by atoms with E-state index < -0.39 is 5.91 Å². The molecule has 0 aromatic carbocycles. The van der Waals surface area contributed by atoms with E-state index >= 15 is 0 Å². The second-order valence-corrected chi connectivity index (χ2v) is 7.56. The molecule has 1 saturated heterocycles. The summed E-state index contributed by atoms with van der Waals surface area (Å²) in [5.74, 6) is -0.691. The van der Waals surface area contributed by atoms with E-state index in [4.69, 9.17) is 4.74 Å². The molecule has 2 aromatic rings. The van der Waals surface area contributed by atoms with Crippen LogP contribution < -0.4 is 16.2 Å². The Morgan fingerprint density at radius 1 is 1.35 bits per heavy atom. The molecule has 1 unspecified atom stereocenters. The van der Waals surface area contributed by atoms with E-state index in [2.05, 4.69) is 15.6 Å². The van der Waals surface area contributed by atoms with Crippen molar-refractivity contribution in [3.8, 4) is 0 Å². The van der Waals surface area contributed by atoms with Crippen molar-refractivity contribution in [1.82, 2.24) is 20.2 Å². The van der Waals surface area contributed by atoms with Crippen molar-refractivity contribution in [2.24, 2.45) is 0 Å². The largest absolute Gasteiger partial charge is 0.376 e. The number of fused-ring (bicyclic) bond motifs is 1. The molecule has 1 atom stereocenters. The lowest BCUT2D eigenvalue weighted by atomic mass is 10.2. The number of carbonyl (C=O) groups excluding carboxylic acids is 2. The van der Waals surface area contributed by atoms with Crippen LogP contribution in [-0.4, -0.2) is 47.2 Å². The Morgan fingerprint density at radius 3 is 2.88 bits per heavy atom. The van der Waals surface area contributed by atoms with Crippen LogP contribution in [0.15, 0.2) is 11.1 Å². The highest BCUT2D eigenvalue weighted by atomic mass is 32.1. The average Bonchev–Trinajstić information content (AvgIpc) is 3.23. The molecule has 9 heteroatoms. The third-order valence-electron chi connectivity index (χ3n) is 4.47. The Bertz CT molecular complexity index is 883. The Balaban J connectivity index is 1.54. The summed E-state index contributed by atoms with van der Waals surface area (Å²) < 4.78 is 6.69. The quantitative estimate of drug-likeness (QED) is 0.761. The number of thiophene rings is 1.